The van der Waals surface area contributed by atoms with Crippen molar-refractivity contribution in [3.8, 4) is 5.75 Å². The number of carbonyl (C=O) groups is 1. The van der Waals surface area contributed by atoms with E-state index in [1.165, 1.54) is 49.2 Å². The number of nitrogens with zero attached hydrogens (tertiary/aromatic N) is 2. The van der Waals surface area contributed by atoms with Crippen molar-refractivity contribution in [3.63, 3.8) is 0 Å². The summed E-state index contributed by atoms with van der Waals surface area (Å²) >= 11 is 12.7. The quantitative estimate of drug-likeness (QED) is 0.234. The molecule has 37 heavy (non-hydrogen) atoms. The maximum absolute atomic E-state index is 12.8. The molecule has 0 saturated carbocycles. The third-order valence-corrected chi connectivity index (χ3v) is 7.29. The number of aromatic nitrogens is 2. The van der Waals surface area contributed by atoms with Crippen LogP contribution in [0.1, 0.15) is 60.8 Å². The second-order valence-corrected chi connectivity index (χ2v) is 11.1. The minimum atomic E-state index is -3.91. The van der Waals surface area contributed by atoms with Crippen molar-refractivity contribution in [2.24, 2.45) is 0 Å². The maximum Gasteiger partial charge on any atom is 0.264 e. The topological polar surface area (TPSA) is 110 Å². The number of rotatable bonds is 12. The molecule has 0 spiro atoms. The Morgan fingerprint density at radius 3 is 2.11 bits per heavy atom. The molecule has 1 heterocycles. The van der Waals surface area contributed by atoms with Crippen LogP contribution in [0.5, 0.6) is 5.75 Å². The van der Waals surface area contributed by atoms with Gasteiger partial charge in [0.15, 0.2) is 5.75 Å². The lowest BCUT2D eigenvalue weighted by Crippen LogP contribution is -2.16. The Morgan fingerprint density at radius 2 is 1.51 bits per heavy atom. The van der Waals surface area contributed by atoms with Gasteiger partial charge in [-0.1, -0.05) is 55.8 Å². The number of halogens is 2. The Bertz CT molecular complexity index is 1310. The van der Waals surface area contributed by atoms with E-state index in [0.29, 0.717) is 29.4 Å². The predicted octanol–water partition coefficient (Wildman–Crippen LogP) is 6.80. The molecule has 2 aromatic carbocycles. The van der Waals surface area contributed by atoms with Gasteiger partial charge < -0.3 is 10.1 Å². The predicted molar refractivity (Wildman–Crippen MR) is 147 cm³/mol. The van der Waals surface area contributed by atoms with Crippen LogP contribution in [-0.2, 0) is 10.0 Å². The van der Waals surface area contributed by atoms with Gasteiger partial charge in [0.05, 0.1) is 21.5 Å². The Kier molecular flexibility index (Phi) is 10.1. The van der Waals surface area contributed by atoms with Gasteiger partial charge in [0.25, 0.3) is 15.9 Å². The molecule has 3 rings (SSSR count). The summed E-state index contributed by atoms with van der Waals surface area (Å²) in [6.07, 6.45) is 5.49. The molecule has 0 radical (unpaired) electrons. The minimum absolute atomic E-state index is 0.00413. The third-order valence-electron chi connectivity index (χ3n) is 5.39. The molecule has 0 aliphatic heterocycles. The van der Waals surface area contributed by atoms with Gasteiger partial charge >= 0.3 is 0 Å². The van der Waals surface area contributed by atoms with Gasteiger partial charge in [-0.25, -0.2) is 23.1 Å². The average Bonchev–Trinajstić information content (AvgIpc) is 2.82. The second kappa shape index (κ2) is 13.1. The van der Waals surface area contributed by atoms with Gasteiger partial charge in [-0.2, -0.15) is 0 Å². The van der Waals surface area contributed by atoms with E-state index in [-0.39, 0.29) is 26.5 Å². The fourth-order valence-electron chi connectivity index (χ4n) is 3.58. The molecule has 1 amide bonds. The van der Waals surface area contributed by atoms with E-state index in [9.17, 15) is 13.2 Å². The molecule has 198 valence electrons. The third kappa shape index (κ3) is 8.31. The van der Waals surface area contributed by atoms with E-state index in [0.717, 1.165) is 19.3 Å². The zero-order chi connectivity index (χ0) is 27.0. The molecule has 11 heteroatoms. The Balaban J connectivity index is 1.63. The van der Waals surface area contributed by atoms with Crippen molar-refractivity contribution < 1.29 is 17.9 Å². The van der Waals surface area contributed by atoms with Gasteiger partial charge in [0.1, 0.15) is 0 Å². The summed E-state index contributed by atoms with van der Waals surface area (Å²) in [4.78, 5) is 21.0. The lowest BCUT2D eigenvalue weighted by molar-refractivity contribution is 0.102. The van der Waals surface area contributed by atoms with E-state index in [4.69, 9.17) is 27.9 Å². The van der Waals surface area contributed by atoms with Crippen molar-refractivity contribution in [2.45, 2.75) is 57.8 Å². The number of ether oxygens (including phenoxy) is 1. The SMILES string of the molecule is CCCCCCCOc1c(Cl)cc(C(=O)Nc2ccc(S(=O)(=O)Nc3nc(C)cc(C)n3)cc2)cc1Cl. The van der Waals surface area contributed by atoms with Crippen LogP contribution < -0.4 is 14.8 Å². The van der Waals surface area contributed by atoms with Crippen molar-refractivity contribution >= 4 is 50.8 Å². The van der Waals surface area contributed by atoms with E-state index in [1.807, 2.05) is 0 Å². The largest absolute Gasteiger partial charge is 0.490 e. The van der Waals surface area contributed by atoms with E-state index in [2.05, 4.69) is 26.9 Å². The summed E-state index contributed by atoms with van der Waals surface area (Å²) < 4.78 is 33.5. The summed E-state index contributed by atoms with van der Waals surface area (Å²) in [6, 6.07) is 10.4. The molecule has 0 bridgehead atoms. The first-order valence-corrected chi connectivity index (χ1v) is 14.2. The van der Waals surface area contributed by atoms with Crippen LogP contribution in [0, 0.1) is 13.8 Å². The van der Waals surface area contributed by atoms with Gasteiger partial charge in [0, 0.05) is 22.6 Å². The Labute approximate surface area is 227 Å². The molecule has 0 aliphatic rings. The first-order valence-electron chi connectivity index (χ1n) is 12.0. The molecular formula is C26H30Cl2N4O4S. The number of aryl methyl sites for hydroxylation is 2. The fourth-order valence-corrected chi connectivity index (χ4v) is 5.12. The highest BCUT2D eigenvalue weighted by Crippen LogP contribution is 2.34. The molecule has 1 aromatic heterocycles. The van der Waals surface area contributed by atoms with Crippen molar-refractivity contribution in [1.29, 1.82) is 0 Å². The van der Waals surface area contributed by atoms with Crippen molar-refractivity contribution in [3.05, 3.63) is 69.5 Å². The highest BCUT2D eigenvalue weighted by molar-refractivity contribution is 7.92. The number of sulfonamides is 1. The van der Waals surface area contributed by atoms with Crippen LogP contribution in [0.15, 0.2) is 47.4 Å². The van der Waals surface area contributed by atoms with E-state index >= 15 is 0 Å². The second-order valence-electron chi connectivity index (χ2n) is 8.59. The minimum Gasteiger partial charge on any atom is -0.490 e. The summed E-state index contributed by atoms with van der Waals surface area (Å²) in [5.41, 5.74) is 1.93. The van der Waals surface area contributed by atoms with Gasteiger partial charge in [-0.15, -0.1) is 0 Å². The number of nitrogens with one attached hydrogen (secondary N) is 2. The van der Waals surface area contributed by atoms with Gasteiger partial charge in [-0.3, -0.25) is 4.79 Å². The first kappa shape index (κ1) is 28.7. The highest BCUT2D eigenvalue weighted by Gasteiger charge is 2.18. The Morgan fingerprint density at radius 1 is 0.919 bits per heavy atom. The van der Waals surface area contributed by atoms with Crippen LogP contribution in [0.4, 0.5) is 11.6 Å². The van der Waals surface area contributed by atoms with Crippen molar-refractivity contribution in [2.75, 3.05) is 16.6 Å². The number of benzene rings is 2. The van der Waals surface area contributed by atoms with Crippen LogP contribution in [0.2, 0.25) is 10.0 Å². The molecule has 3 aromatic rings. The number of hydrogen-bond donors (Lipinski definition) is 2. The number of anilines is 2. The standard InChI is InChI=1S/C26H30Cl2N4O4S/c1-4-5-6-7-8-13-36-24-22(27)15-19(16-23(24)28)25(33)31-20-9-11-21(12-10-20)37(34,35)32-26-29-17(2)14-18(3)30-26/h9-12,14-16H,4-8,13H2,1-3H3,(H,31,33)(H,29,30,32). The van der Waals surface area contributed by atoms with Crippen LogP contribution in [0.3, 0.4) is 0 Å². The lowest BCUT2D eigenvalue weighted by Gasteiger charge is -2.12. The fraction of sp³-hybridized carbons (Fsp3) is 0.346. The van der Waals surface area contributed by atoms with Crippen LogP contribution >= 0.6 is 23.2 Å². The van der Waals surface area contributed by atoms with Gasteiger partial charge in [0.2, 0.25) is 5.95 Å². The summed E-state index contributed by atoms with van der Waals surface area (Å²) in [7, 11) is -3.91. The van der Waals surface area contributed by atoms with E-state index < -0.39 is 15.9 Å². The summed E-state index contributed by atoms with van der Waals surface area (Å²) in [6.45, 7) is 6.16. The number of amides is 1. The summed E-state index contributed by atoms with van der Waals surface area (Å²) in [5.74, 6) is -0.106. The molecule has 0 aliphatic carbocycles. The monoisotopic (exact) mass is 564 g/mol. The molecular weight excluding hydrogens is 535 g/mol. The number of carbonyl (C=O) groups excluding carboxylic acids is 1. The van der Waals surface area contributed by atoms with Crippen molar-refractivity contribution in [1.82, 2.24) is 9.97 Å². The molecule has 0 atom stereocenters. The molecule has 2 N–H and O–H groups in total. The van der Waals surface area contributed by atoms with E-state index in [1.54, 1.807) is 19.9 Å². The molecule has 0 saturated heterocycles. The Hall–Kier alpha value is -2.88. The maximum atomic E-state index is 12.8. The number of unbranched alkanes of at least 4 members (excludes halogenated alkanes) is 4. The lowest BCUT2D eigenvalue weighted by atomic mass is 10.1. The van der Waals surface area contributed by atoms with Crippen LogP contribution in [-0.4, -0.2) is 30.9 Å². The molecule has 0 fully saturated rings. The number of hydrogen-bond acceptors (Lipinski definition) is 6. The van der Waals surface area contributed by atoms with Gasteiger partial charge in [-0.05, 0) is 62.7 Å². The summed E-state index contributed by atoms with van der Waals surface area (Å²) in [5, 5.41) is 3.20. The highest BCUT2D eigenvalue weighted by atomic mass is 35.5. The average molecular weight is 566 g/mol. The smallest absolute Gasteiger partial charge is 0.264 e. The zero-order valence-electron chi connectivity index (χ0n) is 21.0. The normalized spacial score (nSPS) is 11.3. The first-order chi connectivity index (χ1) is 17.6. The zero-order valence-corrected chi connectivity index (χ0v) is 23.3. The molecule has 8 nitrogen and oxygen atoms in total. The van der Waals surface area contributed by atoms with Crippen LogP contribution in [0.25, 0.3) is 0 Å². The molecule has 0 unspecified atom stereocenters.